The van der Waals surface area contributed by atoms with Crippen molar-refractivity contribution in [3.8, 4) is 0 Å². The monoisotopic (exact) mass is 340 g/mol. The highest BCUT2D eigenvalue weighted by Crippen LogP contribution is 2.20. The highest BCUT2D eigenvalue weighted by molar-refractivity contribution is 9.10. The molecule has 0 aliphatic rings. The first-order valence-electron chi connectivity index (χ1n) is 5.70. The molecule has 2 aromatic carbocycles. The number of benzene rings is 2. The molecule has 0 aromatic heterocycles. The Bertz CT molecular complexity index is 640. The van der Waals surface area contributed by atoms with Crippen LogP contribution in [-0.2, 0) is 6.42 Å². The van der Waals surface area contributed by atoms with Crippen LogP contribution in [-0.4, -0.2) is 5.78 Å². The van der Waals surface area contributed by atoms with Crippen LogP contribution in [0.4, 0.5) is 4.39 Å². The van der Waals surface area contributed by atoms with Gasteiger partial charge in [0.15, 0.2) is 5.78 Å². The molecular weight excluding hydrogens is 331 g/mol. The van der Waals surface area contributed by atoms with Crippen molar-refractivity contribution in [1.29, 1.82) is 0 Å². The molecule has 0 spiro atoms. The van der Waals surface area contributed by atoms with E-state index < -0.39 is 0 Å². The lowest BCUT2D eigenvalue weighted by molar-refractivity contribution is 0.0992. The Morgan fingerprint density at radius 1 is 1.26 bits per heavy atom. The second-order valence-corrected chi connectivity index (χ2v) is 5.60. The van der Waals surface area contributed by atoms with Gasteiger partial charge in [-0.05, 0) is 58.2 Å². The molecule has 19 heavy (non-hydrogen) atoms. The van der Waals surface area contributed by atoms with E-state index >= 15 is 0 Å². The summed E-state index contributed by atoms with van der Waals surface area (Å²) in [6, 6.07) is 9.80. The van der Waals surface area contributed by atoms with Gasteiger partial charge in [0, 0.05) is 17.0 Å². The maximum absolute atomic E-state index is 13.1. The van der Waals surface area contributed by atoms with Gasteiger partial charge >= 0.3 is 0 Å². The highest BCUT2D eigenvalue weighted by atomic mass is 79.9. The molecule has 0 unspecified atom stereocenters. The van der Waals surface area contributed by atoms with Gasteiger partial charge in [-0.2, -0.15) is 0 Å². The number of hydrogen-bond donors (Lipinski definition) is 0. The molecule has 2 aromatic rings. The van der Waals surface area contributed by atoms with Gasteiger partial charge in [-0.15, -0.1) is 0 Å². The van der Waals surface area contributed by atoms with Crippen LogP contribution in [0.3, 0.4) is 0 Å². The molecule has 0 aliphatic heterocycles. The van der Waals surface area contributed by atoms with E-state index in [0.29, 0.717) is 15.1 Å². The summed E-state index contributed by atoms with van der Waals surface area (Å²) in [5.41, 5.74) is 2.25. The molecule has 2 rings (SSSR count). The first-order chi connectivity index (χ1) is 8.97. The predicted molar refractivity (Wildman–Crippen MR) is 78.3 cm³/mol. The maximum Gasteiger partial charge on any atom is 0.167 e. The van der Waals surface area contributed by atoms with Crippen LogP contribution in [0.15, 0.2) is 40.9 Å². The molecule has 0 saturated heterocycles. The van der Waals surface area contributed by atoms with Crippen LogP contribution in [0, 0.1) is 12.7 Å². The molecule has 1 nitrogen and oxygen atoms in total. The van der Waals surface area contributed by atoms with Crippen LogP contribution >= 0.6 is 27.5 Å². The van der Waals surface area contributed by atoms with Gasteiger partial charge in [0.05, 0.1) is 4.47 Å². The highest BCUT2D eigenvalue weighted by Gasteiger charge is 2.11. The molecule has 0 radical (unpaired) electrons. The fourth-order valence-electron chi connectivity index (χ4n) is 1.82. The molecule has 0 N–H and O–H groups in total. The van der Waals surface area contributed by atoms with E-state index in [4.69, 9.17) is 11.6 Å². The Morgan fingerprint density at radius 3 is 2.68 bits per heavy atom. The number of carbonyl (C=O) groups is 1. The summed E-state index contributed by atoms with van der Waals surface area (Å²) in [5, 5.41) is 0.536. The third-order valence-electron chi connectivity index (χ3n) is 2.85. The fraction of sp³-hybridized carbons (Fsp3) is 0.133. The quantitative estimate of drug-likeness (QED) is 0.720. The van der Waals surface area contributed by atoms with E-state index in [9.17, 15) is 9.18 Å². The standard InChI is InChI=1S/C15H11BrClFO/c1-9-2-4-11(17)8-12(9)15(19)7-10-3-5-14(18)13(16)6-10/h2-6,8H,7H2,1H3. The van der Waals surface area contributed by atoms with Crippen molar-refractivity contribution in [2.45, 2.75) is 13.3 Å². The molecular formula is C15H11BrClFO. The number of hydrogen-bond acceptors (Lipinski definition) is 1. The minimum atomic E-state index is -0.338. The van der Waals surface area contributed by atoms with Crippen molar-refractivity contribution >= 4 is 33.3 Å². The molecule has 0 heterocycles. The molecule has 0 saturated carbocycles. The lowest BCUT2D eigenvalue weighted by Gasteiger charge is -2.06. The third-order valence-corrected chi connectivity index (χ3v) is 3.69. The maximum atomic E-state index is 13.1. The molecule has 0 atom stereocenters. The zero-order valence-corrected chi connectivity index (χ0v) is 12.6. The van der Waals surface area contributed by atoms with Gasteiger partial charge in [0.2, 0.25) is 0 Å². The zero-order valence-electron chi connectivity index (χ0n) is 10.2. The largest absolute Gasteiger partial charge is 0.294 e. The summed E-state index contributed by atoms with van der Waals surface area (Å²) >= 11 is 9.01. The Morgan fingerprint density at radius 2 is 2.00 bits per heavy atom. The Hall–Kier alpha value is -1.19. The van der Waals surface area contributed by atoms with Crippen molar-refractivity contribution in [1.82, 2.24) is 0 Å². The second kappa shape index (κ2) is 5.85. The molecule has 0 fully saturated rings. The van der Waals surface area contributed by atoms with E-state index in [-0.39, 0.29) is 18.0 Å². The number of aryl methyl sites for hydroxylation is 1. The topological polar surface area (TPSA) is 17.1 Å². The van der Waals surface area contributed by atoms with Crippen molar-refractivity contribution in [3.63, 3.8) is 0 Å². The lowest BCUT2D eigenvalue weighted by atomic mass is 9.99. The van der Waals surface area contributed by atoms with Gasteiger partial charge in [-0.1, -0.05) is 23.7 Å². The van der Waals surface area contributed by atoms with E-state index in [1.54, 1.807) is 24.3 Å². The summed E-state index contributed by atoms with van der Waals surface area (Å²) in [5.74, 6) is -0.367. The van der Waals surface area contributed by atoms with E-state index in [0.717, 1.165) is 11.1 Å². The average Bonchev–Trinajstić information content (AvgIpc) is 2.36. The normalized spacial score (nSPS) is 10.5. The van der Waals surface area contributed by atoms with Gasteiger partial charge < -0.3 is 0 Å². The Labute approximate surface area is 124 Å². The van der Waals surface area contributed by atoms with Gasteiger partial charge in [-0.3, -0.25) is 4.79 Å². The van der Waals surface area contributed by atoms with Crippen LogP contribution in [0.25, 0.3) is 0 Å². The van der Waals surface area contributed by atoms with Crippen LogP contribution in [0.2, 0.25) is 5.02 Å². The molecule has 0 aliphatic carbocycles. The van der Waals surface area contributed by atoms with Crippen molar-refractivity contribution in [2.75, 3.05) is 0 Å². The van der Waals surface area contributed by atoms with Crippen molar-refractivity contribution < 1.29 is 9.18 Å². The Balaban J connectivity index is 2.25. The number of rotatable bonds is 3. The minimum absolute atomic E-state index is 0.0292. The summed E-state index contributed by atoms with van der Waals surface area (Å²) in [6.07, 6.45) is 0.222. The van der Waals surface area contributed by atoms with E-state index in [1.165, 1.54) is 6.07 Å². The molecule has 98 valence electrons. The number of Topliss-reactive ketones (excluding diaryl/α,β-unsaturated/α-hetero) is 1. The van der Waals surface area contributed by atoms with Gasteiger partial charge in [0.1, 0.15) is 5.82 Å². The van der Waals surface area contributed by atoms with Crippen LogP contribution < -0.4 is 0 Å². The van der Waals surface area contributed by atoms with Gasteiger partial charge in [-0.25, -0.2) is 4.39 Å². The number of ketones is 1. The first-order valence-corrected chi connectivity index (χ1v) is 6.88. The fourth-order valence-corrected chi connectivity index (χ4v) is 2.42. The van der Waals surface area contributed by atoms with E-state index in [2.05, 4.69) is 15.9 Å². The zero-order chi connectivity index (χ0) is 14.0. The molecule has 0 amide bonds. The SMILES string of the molecule is Cc1ccc(Cl)cc1C(=O)Cc1ccc(F)c(Br)c1. The molecule has 4 heteroatoms. The molecule has 0 bridgehead atoms. The summed E-state index contributed by atoms with van der Waals surface area (Å²) < 4.78 is 13.5. The smallest absolute Gasteiger partial charge is 0.167 e. The van der Waals surface area contributed by atoms with Gasteiger partial charge in [0.25, 0.3) is 0 Å². The first kappa shape index (κ1) is 14.2. The van der Waals surface area contributed by atoms with Crippen molar-refractivity contribution in [2.24, 2.45) is 0 Å². The number of carbonyl (C=O) groups excluding carboxylic acids is 1. The summed E-state index contributed by atoms with van der Waals surface area (Å²) in [4.78, 5) is 12.2. The third kappa shape index (κ3) is 3.43. The summed E-state index contributed by atoms with van der Waals surface area (Å²) in [7, 11) is 0. The second-order valence-electron chi connectivity index (χ2n) is 4.31. The van der Waals surface area contributed by atoms with Crippen molar-refractivity contribution in [3.05, 3.63) is 68.4 Å². The van der Waals surface area contributed by atoms with E-state index in [1.807, 2.05) is 13.0 Å². The number of halogens is 3. The van der Waals surface area contributed by atoms with Crippen LogP contribution in [0.1, 0.15) is 21.5 Å². The average molecular weight is 342 g/mol. The van der Waals surface area contributed by atoms with Crippen LogP contribution in [0.5, 0.6) is 0 Å². The lowest BCUT2D eigenvalue weighted by Crippen LogP contribution is -2.06. The minimum Gasteiger partial charge on any atom is -0.294 e. The Kier molecular flexibility index (Phi) is 4.38. The predicted octanol–water partition coefficient (Wildman–Crippen LogP) is 4.98. The summed E-state index contributed by atoms with van der Waals surface area (Å²) in [6.45, 7) is 1.87.